The summed E-state index contributed by atoms with van der Waals surface area (Å²) in [5.41, 5.74) is 3.39. The van der Waals surface area contributed by atoms with Crippen LogP contribution in [0.25, 0.3) is 0 Å². The summed E-state index contributed by atoms with van der Waals surface area (Å²) >= 11 is 0. The van der Waals surface area contributed by atoms with Crippen LogP contribution in [0, 0.1) is 11.3 Å². The third kappa shape index (κ3) is 2.76. The molecule has 1 aliphatic carbocycles. The van der Waals surface area contributed by atoms with Gasteiger partial charge in [-0.3, -0.25) is 4.79 Å². The molecule has 18 heavy (non-hydrogen) atoms. The second-order valence-electron chi connectivity index (χ2n) is 6.31. The van der Waals surface area contributed by atoms with E-state index in [0.717, 1.165) is 12.8 Å². The first-order valence-electron chi connectivity index (χ1n) is 6.40. The van der Waals surface area contributed by atoms with Crippen molar-refractivity contribution in [2.24, 2.45) is 17.1 Å². The first-order chi connectivity index (χ1) is 8.11. The quantitative estimate of drug-likeness (QED) is 0.804. The number of ether oxygens (including phenoxy) is 1. The second-order valence-corrected chi connectivity index (χ2v) is 6.31. The molecule has 0 saturated heterocycles. The molecule has 2 amide bonds. The summed E-state index contributed by atoms with van der Waals surface area (Å²) in [6.45, 7) is 9.36. The predicted octanol–water partition coefficient (Wildman–Crippen LogP) is 1.80. The number of hydrogen-bond acceptors (Lipinski definition) is 3. The Morgan fingerprint density at radius 2 is 1.78 bits per heavy atom. The minimum Gasteiger partial charge on any atom is -0.432 e. The molecule has 0 aromatic rings. The van der Waals surface area contributed by atoms with Gasteiger partial charge in [0.1, 0.15) is 0 Å². The van der Waals surface area contributed by atoms with Gasteiger partial charge in [-0.15, -0.1) is 0 Å². The Hall–Kier alpha value is -1.26. The van der Waals surface area contributed by atoms with Crippen molar-refractivity contribution in [3.8, 4) is 0 Å². The molecule has 0 heterocycles. The van der Waals surface area contributed by atoms with Crippen LogP contribution >= 0.6 is 0 Å². The highest BCUT2D eigenvalue weighted by Gasteiger charge is 2.55. The lowest BCUT2D eigenvalue weighted by Gasteiger charge is -2.44. The molecule has 0 aliphatic heterocycles. The molecule has 1 saturated carbocycles. The average Bonchev–Trinajstić information content (AvgIpc) is 2.94. The topological polar surface area (TPSA) is 81.4 Å². The summed E-state index contributed by atoms with van der Waals surface area (Å²) in [6.07, 6.45) is 1.06. The number of amides is 2. The van der Waals surface area contributed by atoms with E-state index < -0.39 is 17.1 Å². The van der Waals surface area contributed by atoms with Gasteiger partial charge in [-0.1, -0.05) is 34.6 Å². The van der Waals surface area contributed by atoms with Crippen molar-refractivity contribution < 1.29 is 14.3 Å². The van der Waals surface area contributed by atoms with Crippen LogP contribution in [0.3, 0.4) is 0 Å². The molecule has 0 bridgehead atoms. The average molecular weight is 256 g/mol. The minimum atomic E-state index is -1.23. The normalized spacial score (nSPS) is 19.2. The lowest BCUT2D eigenvalue weighted by molar-refractivity contribution is -0.160. The second kappa shape index (κ2) is 4.78. The zero-order valence-corrected chi connectivity index (χ0v) is 11.9. The molecule has 1 fully saturated rings. The number of nitrogens with one attached hydrogen (secondary N) is 1. The van der Waals surface area contributed by atoms with Crippen molar-refractivity contribution in [1.29, 1.82) is 0 Å². The molecule has 0 spiro atoms. The highest BCUT2D eigenvalue weighted by atomic mass is 16.6. The Morgan fingerprint density at radius 3 is 2.06 bits per heavy atom. The molecule has 1 atom stereocenters. The van der Waals surface area contributed by atoms with Crippen molar-refractivity contribution >= 4 is 12.0 Å². The summed E-state index contributed by atoms with van der Waals surface area (Å²) < 4.78 is 5.28. The fraction of sp³-hybridized carbons (Fsp3) is 0.846. The van der Waals surface area contributed by atoms with Gasteiger partial charge in [-0.2, -0.15) is 0 Å². The molecule has 1 aliphatic rings. The first kappa shape index (κ1) is 14.8. The van der Waals surface area contributed by atoms with Crippen LogP contribution in [0.4, 0.5) is 4.79 Å². The largest absolute Gasteiger partial charge is 0.432 e. The van der Waals surface area contributed by atoms with Crippen LogP contribution in [0.15, 0.2) is 0 Å². The van der Waals surface area contributed by atoms with Gasteiger partial charge in [0.25, 0.3) is 5.91 Å². The summed E-state index contributed by atoms with van der Waals surface area (Å²) in [6, 6.07) is 0.217. The van der Waals surface area contributed by atoms with Crippen molar-refractivity contribution in [1.82, 2.24) is 5.32 Å². The Morgan fingerprint density at radius 1 is 1.28 bits per heavy atom. The van der Waals surface area contributed by atoms with Crippen molar-refractivity contribution in [2.75, 3.05) is 0 Å². The molecule has 0 radical (unpaired) electrons. The maximum Gasteiger partial charge on any atom is 0.405 e. The molecule has 5 heteroatoms. The Bertz CT molecular complexity index is 343. The Kier molecular flexibility index (Phi) is 3.93. The summed E-state index contributed by atoms with van der Waals surface area (Å²) in [4.78, 5) is 23.7. The summed E-state index contributed by atoms with van der Waals surface area (Å²) in [7, 11) is 0. The first-order valence-corrected chi connectivity index (χ1v) is 6.40. The Balaban J connectivity index is 3.09. The Labute approximate surface area is 108 Å². The van der Waals surface area contributed by atoms with E-state index >= 15 is 0 Å². The van der Waals surface area contributed by atoms with Gasteiger partial charge in [-0.25, -0.2) is 4.79 Å². The van der Waals surface area contributed by atoms with E-state index in [1.807, 2.05) is 34.6 Å². The maximum absolute atomic E-state index is 12.5. The van der Waals surface area contributed by atoms with Crippen LogP contribution in [0.5, 0.6) is 0 Å². The van der Waals surface area contributed by atoms with E-state index in [9.17, 15) is 9.59 Å². The van der Waals surface area contributed by atoms with Crippen LogP contribution in [-0.2, 0) is 9.53 Å². The SMILES string of the molecule is CC(C)C(OC(N)=O)(C(=O)NC1CC1)C(C)(C)C. The molecule has 3 N–H and O–H groups in total. The monoisotopic (exact) mass is 256 g/mol. The summed E-state index contributed by atoms with van der Waals surface area (Å²) in [5.74, 6) is -0.407. The number of carbonyl (C=O) groups excluding carboxylic acids is 2. The molecule has 104 valence electrons. The van der Waals surface area contributed by atoms with Gasteiger partial charge in [-0.05, 0) is 12.8 Å². The van der Waals surface area contributed by atoms with Crippen LogP contribution in [0.1, 0.15) is 47.5 Å². The lowest BCUT2D eigenvalue weighted by atomic mass is 9.69. The number of primary amides is 1. The molecule has 1 rings (SSSR count). The van der Waals surface area contributed by atoms with Gasteiger partial charge in [0.15, 0.2) is 5.60 Å². The van der Waals surface area contributed by atoms with Crippen LogP contribution < -0.4 is 11.1 Å². The smallest absolute Gasteiger partial charge is 0.405 e. The van der Waals surface area contributed by atoms with Gasteiger partial charge in [0.05, 0.1) is 0 Å². The number of hydrogen-bond donors (Lipinski definition) is 2. The minimum absolute atomic E-state index is 0.163. The lowest BCUT2D eigenvalue weighted by Crippen LogP contribution is -2.62. The van der Waals surface area contributed by atoms with Gasteiger partial charge in [0, 0.05) is 17.4 Å². The van der Waals surface area contributed by atoms with Gasteiger partial charge >= 0.3 is 6.09 Å². The maximum atomic E-state index is 12.5. The number of rotatable bonds is 4. The zero-order chi connectivity index (χ0) is 14.1. The fourth-order valence-corrected chi connectivity index (χ4v) is 2.47. The van der Waals surface area contributed by atoms with E-state index in [-0.39, 0.29) is 17.9 Å². The van der Waals surface area contributed by atoms with E-state index in [1.54, 1.807) is 0 Å². The van der Waals surface area contributed by atoms with Gasteiger partial charge in [0.2, 0.25) is 0 Å². The molecule has 0 aromatic carbocycles. The predicted molar refractivity (Wildman–Crippen MR) is 68.9 cm³/mol. The van der Waals surface area contributed by atoms with Crippen LogP contribution in [0.2, 0.25) is 0 Å². The fourth-order valence-electron chi connectivity index (χ4n) is 2.47. The molecule has 5 nitrogen and oxygen atoms in total. The van der Waals surface area contributed by atoms with Crippen molar-refractivity contribution in [2.45, 2.75) is 59.1 Å². The third-order valence-electron chi connectivity index (χ3n) is 3.44. The molecule has 1 unspecified atom stereocenters. The van der Waals surface area contributed by atoms with E-state index in [1.165, 1.54) is 0 Å². The van der Waals surface area contributed by atoms with Crippen molar-refractivity contribution in [3.63, 3.8) is 0 Å². The van der Waals surface area contributed by atoms with E-state index in [2.05, 4.69) is 5.32 Å². The zero-order valence-electron chi connectivity index (χ0n) is 11.9. The molecular formula is C13H24N2O3. The number of carbonyl (C=O) groups is 2. The molecule has 0 aromatic heterocycles. The van der Waals surface area contributed by atoms with Crippen LogP contribution in [-0.4, -0.2) is 23.6 Å². The van der Waals surface area contributed by atoms with Gasteiger partial charge < -0.3 is 15.8 Å². The van der Waals surface area contributed by atoms with Crippen molar-refractivity contribution in [3.05, 3.63) is 0 Å². The standard InChI is InChI=1S/C13H24N2O3/c1-8(2)13(12(3,4)5,18-11(14)17)10(16)15-9-6-7-9/h8-9H,6-7H2,1-5H3,(H2,14,17)(H,15,16). The van der Waals surface area contributed by atoms with E-state index in [4.69, 9.17) is 10.5 Å². The highest BCUT2D eigenvalue weighted by molar-refractivity contribution is 5.89. The molecular weight excluding hydrogens is 232 g/mol. The highest BCUT2D eigenvalue weighted by Crippen LogP contribution is 2.41. The summed E-state index contributed by atoms with van der Waals surface area (Å²) in [5, 5.41) is 2.92. The third-order valence-corrected chi connectivity index (χ3v) is 3.44. The van der Waals surface area contributed by atoms with E-state index in [0.29, 0.717) is 0 Å². The number of nitrogens with two attached hydrogens (primary N) is 1.